The lowest BCUT2D eigenvalue weighted by molar-refractivity contribution is -0.148. The first-order valence-electron chi connectivity index (χ1n) is 20.2. The average Bonchev–Trinajstić information content (AvgIpc) is 4.13. The molecular formula is C44H53N5O7S. The number of aromatic nitrogens is 1. The quantitative estimate of drug-likeness (QED) is 0.217. The number of piperidine rings is 1. The normalized spacial score (nSPS) is 24.1. The first-order chi connectivity index (χ1) is 27.1. The second-order valence-electron chi connectivity index (χ2n) is 17.4. The number of likely N-dealkylation sites (tertiary alicyclic amines) is 2. The summed E-state index contributed by atoms with van der Waals surface area (Å²) in [6.45, 7) is 10.9. The zero-order valence-electron chi connectivity index (χ0n) is 33.0. The molecule has 2 aromatic carbocycles. The second-order valence-corrected chi connectivity index (χ2v) is 19.4. The van der Waals surface area contributed by atoms with Gasteiger partial charge in [0.15, 0.2) is 5.78 Å². The third kappa shape index (κ3) is 8.54. The van der Waals surface area contributed by atoms with E-state index >= 15 is 0 Å². The highest BCUT2D eigenvalue weighted by atomic mass is 32.2. The van der Waals surface area contributed by atoms with Crippen molar-refractivity contribution in [2.75, 3.05) is 19.6 Å². The minimum absolute atomic E-state index is 0.0141. The molecule has 4 fully saturated rings. The van der Waals surface area contributed by atoms with Crippen LogP contribution in [0.2, 0.25) is 0 Å². The first kappa shape index (κ1) is 40.3. The summed E-state index contributed by atoms with van der Waals surface area (Å²) in [5.74, 6) is -3.18. The summed E-state index contributed by atoms with van der Waals surface area (Å²) in [5.41, 5.74) is 0.536. The van der Waals surface area contributed by atoms with E-state index in [1.165, 1.54) is 4.90 Å². The number of carbonyl (C=O) groups is 5. The first-order valence-corrected chi connectivity index (χ1v) is 21.7. The number of Topliss-reactive ketones (excluding diaryl/α,β-unsaturated/α-hetero) is 1. The van der Waals surface area contributed by atoms with Gasteiger partial charge in [0.05, 0.1) is 39.4 Å². The summed E-state index contributed by atoms with van der Waals surface area (Å²) in [7, 11) is -3.87. The molecule has 3 aromatic rings. The number of hydrogen-bond donors (Lipinski definition) is 2. The molecule has 2 saturated carbocycles. The largest absolute Gasteiger partial charge is 0.347 e. The lowest BCUT2D eigenvalue weighted by Gasteiger charge is -2.36. The Morgan fingerprint density at radius 3 is 2.32 bits per heavy atom. The number of nitrogens with one attached hydrogen (secondary N) is 2. The molecule has 2 N–H and O–H groups in total. The molecule has 0 unspecified atom stereocenters. The molecule has 1 aromatic heterocycles. The van der Waals surface area contributed by atoms with Gasteiger partial charge >= 0.3 is 0 Å². The van der Waals surface area contributed by atoms with Gasteiger partial charge in [0.1, 0.15) is 0 Å². The van der Waals surface area contributed by atoms with Gasteiger partial charge in [-0.1, -0.05) is 75.4 Å². The Bertz CT molecular complexity index is 2190. The molecular weight excluding hydrogens is 743 g/mol. The van der Waals surface area contributed by atoms with Crippen LogP contribution in [0.3, 0.4) is 0 Å². The summed E-state index contributed by atoms with van der Waals surface area (Å²) in [4.78, 5) is 79.0. The molecule has 13 heteroatoms. The molecule has 2 saturated heterocycles. The van der Waals surface area contributed by atoms with Crippen LogP contribution in [0.5, 0.6) is 0 Å². The van der Waals surface area contributed by atoms with Gasteiger partial charge in [0.25, 0.3) is 5.91 Å². The third-order valence-electron chi connectivity index (χ3n) is 12.3. The molecule has 57 heavy (non-hydrogen) atoms. The van der Waals surface area contributed by atoms with Gasteiger partial charge in [0, 0.05) is 49.5 Å². The Labute approximate surface area is 334 Å². The topological polar surface area (TPSA) is 163 Å². The second kappa shape index (κ2) is 15.8. The number of pyridine rings is 1. The molecule has 4 aliphatic rings. The lowest BCUT2D eigenvalue weighted by Crippen LogP contribution is -2.49. The zero-order chi connectivity index (χ0) is 40.7. The van der Waals surface area contributed by atoms with Crippen molar-refractivity contribution < 1.29 is 32.4 Å². The molecule has 0 radical (unpaired) electrons. The molecule has 4 amide bonds. The van der Waals surface area contributed by atoms with Gasteiger partial charge in [-0.25, -0.2) is 13.4 Å². The van der Waals surface area contributed by atoms with Crippen molar-refractivity contribution in [1.29, 1.82) is 0 Å². The predicted octanol–water partition coefficient (Wildman–Crippen LogP) is 5.43. The maximum absolute atomic E-state index is 14.8. The van der Waals surface area contributed by atoms with E-state index in [-0.39, 0.29) is 49.9 Å². The molecule has 3 heterocycles. The fraction of sp³-hybridized carbons (Fsp3) is 0.500. The lowest BCUT2D eigenvalue weighted by atomic mass is 9.77. The Morgan fingerprint density at radius 2 is 1.67 bits per heavy atom. The van der Waals surface area contributed by atoms with E-state index < -0.39 is 61.7 Å². The number of para-hydroxylation sites is 1. The van der Waals surface area contributed by atoms with Crippen molar-refractivity contribution in [2.45, 2.75) is 95.9 Å². The highest BCUT2D eigenvalue weighted by Gasteiger charge is 2.61. The molecule has 7 rings (SSSR count). The van der Waals surface area contributed by atoms with Crippen LogP contribution in [-0.2, 0) is 29.2 Å². The standard InChI is InChI=1S/C44H53N5O7S/c1-5-29-25-44(29,42(54)47-57(55,56)31-18-19-31)26-38(50)37-22-30(27-49(37)41(53)34(43(2,3)4)24-39(51)48-20-12-7-13-21-48)45-40(52)33-23-36(28-14-8-6-9-15-28)46-35-17-11-10-16-32(33)35/h5-6,8-11,14-17,23,29-31,34,37H,1,7,12-13,18-22,24-27H2,2-4H3,(H,45,52)(H,47,54)/t29-,30-,34-,37+,44-/m1/s1. The van der Waals surface area contributed by atoms with Crippen LogP contribution in [-0.4, -0.2) is 89.6 Å². The number of rotatable bonds is 13. The highest BCUT2D eigenvalue weighted by molar-refractivity contribution is 7.90. The number of sulfonamides is 1. The highest BCUT2D eigenvalue weighted by Crippen LogP contribution is 2.57. The fourth-order valence-electron chi connectivity index (χ4n) is 8.59. The number of benzene rings is 2. The van der Waals surface area contributed by atoms with Crippen molar-refractivity contribution in [3.63, 3.8) is 0 Å². The van der Waals surface area contributed by atoms with Gasteiger partial charge in [0.2, 0.25) is 27.7 Å². The fourth-order valence-corrected chi connectivity index (χ4v) is 9.98. The zero-order valence-corrected chi connectivity index (χ0v) is 33.9. The van der Waals surface area contributed by atoms with Crippen LogP contribution in [0.25, 0.3) is 22.2 Å². The van der Waals surface area contributed by atoms with E-state index in [0.717, 1.165) is 24.8 Å². The minimum Gasteiger partial charge on any atom is -0.347 e. The van der Waals surface area contributed by atoms with E-state index in [9.17, 15) is 32.4 Å². The van der Waals surface area contributed by atoms with Crippen molar-refractivity contribution in [2.24, 2.45) is 22.7 Å². The summed E-state index contributed by atoms with van der Waals surface area (Å²) in [6.07, 6.45) is 5.41. The van der Waals surface area contributed by atoms with Gasteiger partial charge < -0.3 is 15.1 Å². The maximum Gasteiger partial charge on any atom is 0.252 e. The Hall–Kier alpha value is -4.91. The van der Waals surface area contributed by atoms with Gasteiger partial charge in [-0.3, -0.25) is 28.7 Å². The van der Waals surface area contributed by atoms with Crippen LogP contribution >= 0.6 is 0 Å². The Morgan fingerprint density at radius 1 is 0.982 bits per heavy atom. The maximum atomic E-state index is 14.8. The van der Waals surface area contributed by atoms with Gasteiger partial charge in [-0.05, 0) is 68.4 Å². The van der Waals surface area contributed by atoms with E-state index in [0.29, 0.717) is 48.1 Å². The van der Waals surface area contributed by atoms with E-state index in [2.05, 4.69) is 16.6 Å². The van der Waals surface area contributed by atoms with Crippen LogP contribution in [0.15, 0.2) is 73.3 Å². The third-order valence-corrected chi connectivity index (χ3v) is 14.1. The smallest absolute Gasteiger partial charge is 0.252 e. The van der Waals surface area contributed by atoms with Crippen molar-refractivity contribution in [3.8, 4) is 11.3 Å². The molecule has 2 aliphatic heterocycles. The summed E-state index contributed by atoms with van der Waals surface area (Å²) in [6, 6.07) is 17.0. The average molecular weight is 796 g/mol. The minimum atomic E-state index is -3.87. The molecule has 0 spiro atoms. The van der Waals surface area contributed by atoms with Gasteiger partial charge in [-0.15, -0.1) is 6.58 Å². The van der Waals surface area contributed by atoms with Crippen molar-refractivity contribution in [1.82, 2.24) is 24.8 Å². The number of nitrogens with zero attached hydrogens (tertiary/aromatic N) is 3. The Balaban J connectivity index is 1.18. The van der Waals surface area contributed by atoms with E-state index in [1.54, 1.807) is 12.1 Å². The summed E-state index contributed by atoms with van der Waals surface area (Å²) in [5, 5.41) is 3.14. The van der Waals surface area contributed by atoms with E-state index in [4.69, 9.17) is 4.98 Å². The number of allylic oxidation sites excluding steroid dienone is 1. The SMILES string of the molecule is C=C[C@@H]1C[C@]1(CC(=O)[C@@H]1C[C@@H](NC(=O)c2cc(-c3ccccc3)nc3ccccc23)CN1C(=O)[C@@H](CC(=O)N1CCCCC1)C(C)(C)C)C(=O)NS(=O)(=O)C1CC1. The number of hydrogen-bond acceptors (Lipinski definition) is 8. The summed E-state index contributed by atoms with van der Waals surface area (Å²) < 4.78 is 27.8. The predicted molar refractivity (Wildman–Crippen MR) is 217 cm³/mol. The molecule has 302 valence electrons. The van der Waals surface area contributed by atoms with Crippen LogP contribution in [0.4, 0.5) is 0 Å². The van der Waals surface area contributed by atoms with Gasteiger partial charge in [-0.2, -0.15) is 0 Å². The monoisotopic (exact) mass is 795 g/mol. The van der Waals surface area contributed by atoms with Crippen LogP contribution in [0, 0.1) is 22.7 Å². The number of fused-ring (bicyclic) bond motifs is 1. The number of ketones is 1. The summed E-state index contributed by atoms with van der Waals surface area (Å²) >= 11 is 0. The van der Waals surface area contributed by atoms with Crippen molar-refractivity contribution in [3.05, 3.63) is 78.9 Å². The van der Waals surface area contributed by atoms with E-state index in [1.807, 2.05) is 80.3 Å². The molecule has 5 atom stereocenters. The number of carbonyl (C=O) groups excluding carboxylic acids is 5. The van der Waals surface area contributed by atoms with Crippen LogP contribution in [0.1, 0.15) is 88.9 Å². The van der Waals surface area contributed by atoms with Crippen molar-refractivity contribution >= 4 is 50.3 Å². The Kier molecular flexibility index (Phi) is 11.2. The van der Waals surface area contributed by atoms with Crippen LogP contribution < -0.4 is 10.0 Å². The molecule has 2 aliphatic carbocycles. The molecule has 0 bridgehead atoms. The number of amides is 4. The molecule has 12 nitrogen and oxygen atoms in total.